The first kappa shape index (κ1) is 18.7. The number of hydrogen-bond donors (Lipinski definition) is 1. The maximum atomic E-state index is 12.3. The Kier molecular flexibility index (Phi) is 5.94. The highest BCUT2D eigenvalue weighted by atomic mass is 79.9. The molecule has 1 aromatic carbocycles. The Labute approximate surface area is 165 Å². The minimum absolute atomic E-state index is 0.0173. The van der Waals surface area contributed by atoms with Crippen molar-refractivity contribution < 1.29 is 14.0 Å². The van der Waals surface area contributed by atoms with Crippen LogP contribution in [-0.4, -0.2) is 47.8 Å². The van der Waals surface area contributed by atoms with Gasteiger partial charge in [-0.3, -0.25) is 9.59 Å². The number of benzene rings is 1. The molecule has 3 rings (SSSR count). The number of amides is 2. The lowest BCUT2D eigenvalue weighted by Gasteiger charge is -2.33. The predicted molar refractivity (Wildman–Crippen MR) is 103 cm³/mol. The van der Waals surface area contributed by atoms with Crippen molar-refractivity contribution in [2.45, 2.75) is 0 Å². The van der Waals surface area contributed by atoms with Gasteiger partial charge in [-0.2, -0.15) is 5.26 Å². The van der Waals surface area contributed by atoms with Crippen molar-refractivity contribution in [2.75, 3.05) is 31.5 Å². The number of carbonyl (C=O) groups is 2. The van der Waals surface area contributed by atoms with E-state index in [4.69, 9.17) is 4.42 Å². The van der Waals surface area contributed by atoms with Crippen LogP contribution in [0.3, 0.4) is 0 Å². The number of nitrogens with zero attached hydrogens (tertiary/aromatic N) is 3. The number of nitriles is 1. The van der Waals surface area contributed by atoms with Gasteiger partial charge in [0.25, 0.3) is 11.8 Å². The highest BCUT2D eigenvalue weighted by Gasteiger charge is 2.23. The van der Waals surface area contributed by atoms with Gasteiger partial charge >= 0.3 is 0 Å². The van der Waals surface area contributed by atoms with Crippen LogP contribution in [0, 0.1) is 11.3 Å². The summed E-state index contributed by atoms with van der Waals surface area (Å²) in [6.45, 7) is 2.04. The Hall–Kier alpha value is -3.05. The second kappa shape index (κ2) is 8.56. The topological polar surface area (TPSA) is 89.6 Å². The Morgan fingerprint density at radius 3 is 2.44 bits per heavy atom. The van der Waals surface area contributed by atoms with Gasteiger partial charge in [0.05, 0.1) is 6.26 Å². The van der Waals surface area contributed by atoms with Gasteiger partial charge in [0, 0.05) is 42.5 Å². The van der Waals surface area contributed by atoms with Crippen LogP contribution in [0.2, 0.25) is 0 Å². The summed E-state index contributed by atoms with van der Waals surface area (Å²) >= 11 is 3.33. The zero-order valence-corrected chi connectivity index (χ0v) is 16.0. The third-order valence-corrected chi connectivity index (χ3v) is 4.64. The highest BCUT2D eigenvalue weighted by Crippen LogP contribution is 2.15. The van der Waals surface area contributed by atoms with Gasteiger partial charge < -0.3 is 19.5 Å². The smallest absolute Gasteiger partial charge is 0.289 e. The molecule has 0 spiro atoms. The van der Waals surface area contributed by atoms with E-state index in [0.717, 1.165) is 4.47 Å². The molecule has 0 aliphatic carbocycles. The van der Waals surface area contributed by atoms with Crippen molar-refractivity contribution in [1.29, 1.82) is 5.26 Å². The predicted octanol–water partition coefficient (Wildman–Crippen LogP) is 2.85. The summed E-state index contributed by atoms with van der Waals surface area (Å²) in [7, 11) is 0. The highest BCUT2D eigenvalue weighted by molar-refractivity contribution is 9.10. The molecule has 1 saturated heterocycles. The normalized spacial score (nSPS) is 14.6. The van der Waals surface area contributed by atoms with E-state index in [9.17, 15) is 14.9 Å². The summed E-state index contributed by atoms with van der Waals surface area (Å²) in [5, 5.41) is 12.0. The summed E-state index contributed by atoms with van der Waals surface area (Å²) in [6, 6.07) is 12.4. The molecule has 2 amide bonds. The second-order valence-corrected chi connectivity index (χ2v) is 6.84. The maximum absolute atomic E-state index is 12.3. The molecule has 1 N–H and O–H groups in total. The minimum atomic E-state index is -0.464. The molecule has 27 heavy (non-hydrogen) atoms. The van der Waals surface area contributed by atoms with Crippen molar-refractivity contribution in [3.63, 3.8) is 0 Å². The summed E-state index contributed by atoms with van der Waals surface area (Å²) in [6.07, 6.45) is 3.01. The Bertz CT molecular complexity index is 877. The molecular weight excluding hydrogens is 412 g/mol. The molecule has 0 bridgehead atoms. The van der Waals surface area contributed by atoms with Crippen LogP contribution in [0.5, 0.6) is 0 Å². The van der Waals surface area contributed by atoms with E-state index in [1.807, 2.05) is 11.0 Å². The van der Waals surface area contributed by atoms with Gasteiger partial charge in [0.2, 0.25) is 0 Å². The molecule has 0 radical (unpaired) electrons. The van der Waals surface area contributed by atoms with Gasteiger partial charge in [-0.05, 0) is 36.4 Å². The van der Waals surface area contributed by atoms with Crippen LogP contribution >= 0.6 is 15.9 Å². The number of halogens is 1. The lowest BCUT2D eigenvalue weighted by atomic mass is 10.2. The van der Waals surface area contributed by atoms with Gasteiger partial charge in [-0.15, -0.1) is 0 Å². The Balaban J connectivity index is 1.58. The van der Waals surface area contributed by atoms with Crippen LogP contribution in [0.4, 0.5) is 5.69 Å². The van der Waals surface area contributed by atoms with E-state index >= 15 is 0 Å². The van der Waals surface area contributed by atoms with Gasteiger partial charge in [0.1, 0.15) is 11.6 Å². The molecular formula is C19H17BrN4O3. The van der Waals surface area contributed by atoms with Crippen molar-refractivity contribution in [3.8, 4) is 6.07 Å². The average molecular weight is 429 g/mol. The fourth-order valence-corrected chi connectivity index (χ4v) is 2.93. The molecule has 1 aliphatic rings. The molecule has 1 aromatic heterocycles. The Morgan fingerprint density at radius 1 is 1.15 bits per heavy atom. The van der Waals surface area contributed by atoms with E-state index in [1.54, 1.807) is 47.5 Å². The standard InChI is InChI=1S/C19H17BrN4O3/c20-15-3-5-16(6-4-15)22-18(25)14(12-21)13-23-7-9-24(10-8-23)19(26)17-2-1-11-27-17/h1-6,11,13H,7-10H2,(H,22,25)/b14-13-. The van der Waals surface area contributed by atoms with E-state index in [0.29, 0.717) is 37.6 Å². The second-order valence-electron chi connectivity index (χ2n) is 5.92. The van der Waals surface area contributed by atoms with Crippen molar-refractivity contribution in [1.82, 2.24) is 9.80 Å². The van der Waals surface area contributed by atoms with Crippen LogP contribution in [0.25, 0.3) is 0 Å². The molecule has 2 heterocycles. The van der Waals surface area contributed by atoms with E-state index < -0.39 is 5.91 Å². The number of rotatable bonds is 4. The summed E-state index contributed by atoms with van der Waals surface area (Å²) in [5.41, 5.74) is 0.627. The van der Waals surface area contributed by atoms with E-state index in [1.165, 1.54) is 6.26 Å². The van der Waals surface area contributed by atoms with Gasteiger partial charge in [-0.1, -0.05) is 15.9 Å². The largest absolute Gasteiger partial charge is 0.459 e. The zero-order valence-electron chi connectivity index (χ0n) is 14.4. The lowest BCUT2D eigenvalue weighted by Crippen LogP contribution is -2.47. The number of nitrogens with one attached hydrogen (secondary N) is 1. The molecule has 0 unspecified atom stereocenters. The SMILES string of the molecule is N#C/C(=C/N1CCN(C(=O)c2ccco2)CC1)C(=O)Nc1ccc(Br)cc1. The fraction of sp³-hybridized carbons (Fsp3) is 0.211. The van der Waals surface area contributed by atoms with Crippen LogP contribution in [-0.2, 0) is 4.79 Å². The third-order valence-electron chi connectivity index (χ3n) is 4.11. The summed E-state index contributed by atoms with van der Waals surface area (Å²) in [5.74, 6) is -0.309. The van der Waals surface area contributed by atoms with Crippen LogP contribution in [0.1, 0.15) is 10.6 Å². The van der Waals surface area contributed by atoms with Crippen molar-refractivity contribution in [2.24, 2.45) is 0 Å². The first-order chi connectivity index (χ1) is 13.1. The fourth-order valence-electron chi connectivity index (χ4n) is 2.66. The summed E-state index contributed by atoms with van der Waals surface area (Å²) < 4.78 is 6.04. The number of piperazine rings is 1. The molecule has 138 valence electrons. The number of anilines is 1. The van der Waals surface area contributed by atoms with Gasteiger partial charge in [0.15, 0.2) is 5.76 Å². The van der Waals surface area contributed by atoms with Crippen molar-refractivity contribution >= 4 is 33.4 Å². The quantitative estimate of drug-likeness (QED) is 0.597. The van der Waals surface area contributed by atoms with E-state index in [2.05, 4.69) is 21.2 Å². The lowest BCUT2D eigenvalue weighted by molar-refractivity contribution is -0.112. The molecule has 8 heteroatoms. The first-order valence-corrected chi connectivity index (χ1v) is 9.12. The van der Waals surface area contributed by atoms with Crippen LogP contribution in [0.15, 0.2) is 63.3 Å². The molecule has 0 saturated carbocycles. The molecule has 1 aliphatic heterocycles. The van der Waals surface area contributed by atoms with E-state index in [-0.39, 0.29) is 11.5 Å². The molecule has 1 fully saturated rings. The number of furan rings is 1. The summed E-state index contributed by atoms with van der Waals surface area (Å²) in [4.78, 5) is 28.1. The molecule has 0 atom stereocenters. The van der Waals surface area contributed by atoms with Gasteiger partial charge in [-0.25, -0.2) is 0 Å². The molecule has 2 aromatic rings. The Morgan fingerprint density at radius 2 is 1.85 bits per heavy atom. The van der Waals surface area contributed by atoms with Crippen LogP contribution < -0.4 is 5.32 Å². The maximum Gasteiger partial charge on any atom is 0.289 e. The third kappa shape index (κ3) is 4.77. The van der Waals surface area contributed by atoms with Crippen molar-refractivity contribution in [3.05, 3.63) is 64.7 Å². The minimum Gasteiger partial charge on any atom is -0.459 e. The zero-order chi connectivity index (χ0) is 19.2. The molecule has 7 nitrogen and oxygen atoms in total. The monoisotopic (exact) mass is 428 g/mol. The number of carbonyl (C=O) groups excluding carboxylic acids is 2. The first-order valence-electron chi connectivity index (χ1n) is 8.32. The average Bonchev–Trinajstić information content (AvgIpc) is 3.22. The number of hydrogen-bond acceptors (Lipinski definition) is 5.